The van der Waals surface area contributed by atoms with E-state index in [1.165, 1.54) is 312 Å². The van der Waals surface area contributed by atoms with Crippen LogP contribution in [0.2, 0.25) is 0 Å². The molecule has 0 amide bonds. The van der Waals surface area contributed by atoms with Gasteiger partial charge in [-0.25, -0.2) is 0 Å². The SMILES string of the molecule is CC1(C)c2ccccc2-c2cc3c4cc5c6ccccc6c6ccccc6c5cc4n(-c4cc5ccccc5c5ccccc45)c3cc21.CC1(C)c2ccccc2-c2cc3c4cc5c6ccccc6c6ccccc6c5cc4n(-c4ccc5c6ccccc6n(-c6ccccc6)c5c4)c3cc21.CC1(C)c2ccccc2-c2ccc(-n3c4cc5c(cc4c4cc6c7ccccc7c7ccccc7c6cc43)-c3ccccc3C5(C)C)cc21. The quantitative estimate of drug-likeness (QED) is 0.157. The molecule has 0 unspecified atom stereocenters. The second-order valence-electron chi connectivity index (χ2n) is 44.7. The zero-order valence-electron chi connectivity index (χ0n) is 84.7. The first-order valence-corrected chi connectivity index (χ1v) is 53.1. The van der Waals surface area contributed by atoms with Crippen molar-refractivity contribution < 1.29 is 0 Å². The molecule has 4 aromatic heterocycles. The summed E-state index contributed by atoms with van der Waals surface area (Å²) in [6, 6.07) is 173. The third kappa shape index (κ3) is 11.6. The van der Waals surface area contributed by atoms with E-state index in [1.807, 2.05) is 0 Å². The molecule has 0 fully saturated rings. The molecule has 4 heterocycles. The van der Waals surface area contributed by atoms with Gasteiger partial charge in [-0.1, -0.05) is 395 Å². The smallest absolute Gasteiger partial charge is 0.0561 e. The van der Waals surface area contributed by atoms with Crippen LogP contribution in [0, 0.1) is 0 Å². The normalized spacial score (nSPS) is 14.2. The van der Waals surface area contributed by atoms with Crippen molar-refractivity contribution in [2.75, 3.05) is 0 Å². The van der Waals surface area contributed by atoms with Crippen LogP contribution in [-0.4, -0.2) is 18.3 Å². The fraction of sp³-hybridized carbons (Fsp3) is 0.0822. The van der Waals surface area contributed by atoms with Crippen LogP contribution in [0.25, 0.3) is 273 Å². The Labute approximate surface area is 867 Å². The maximum absolute atomic E-state index is 2.57. The van der Waals surface area contributed by atoms with Gasteiger partial charge in [0.25, 0.3) is 0 Å². The molecular weight excluding hydrogens is 1810 g/mol. The maximum atomic E-state index is 2.57. The van der Waals surface area contributed by atoms with Crippen molar-refractivity contribution in [1.29, 1.82) is 0 Å². The van der Waals surface area contributed by atoms with Crippen molar-refractivity contribution in [2.24, 2.45) is 0 Å². The highest BCUT2D eigenvalue weighted by Gasteiger charge is 2.42. The number of fused-ring (bicyclic) bond motifs is 45. The summed E-state index contributed by atoms with van der Waals surface area (Å²) in [7, 11) is 0. The van der Waals surface area contributed by atoms with Crippen LogP contribution in [0.4, 0.5) is 0 Å². The van der Waals surface area contributed by atoms with Crippen LogP contribution in [0.5, 0.6) is 0 Å². The Morgan fingerprint density at radius 3 is 0.767 bits per heavy atom. The lowest BCUT2D eigenvalue weighted by Gasteiger charge is -2.23. The fourth-order valence-electron chi connectivity index (χ4n) is 28.6. The molecule has 4 nitrogen and oxygen atoms in total. The molecular formula is C146H100N4. The fourth-order valence-corrected chi connectivity index (χ4v) is 28.6. The number of para-hydroxylation sites is 2. The van der Waals surface area contributed by atoms with Gasteiger partial charge in [0.1, 0.15) is 0 Å². The summed E-state index contributed by atoms with van der Waals surface area (Å²) in [5.74, 6) is 0. The summed E-state index contributed by atoms with van der Waals surface area (Å²) in [5.41, 5.74) is 36.4. The molecule has 4 aliphatic rings. The molecule has 34 rings (SSSR count). The predicted octanol–water partition coefficient (Wildman–Crippen LogP) is 39.4. The van der Waals surface area contributed by atoms with Crippen molar-refractivity contribution in [2.45, 2.75) is 77.0 Å². The zero-order valence-corrected chi connectivity index (χ0v) is 84.7. The minimum absolute atomic E-state index is 0.0760. The van der Waals surface area contributed by atoms with Gasteiger partial charge in [0.05, 0.1) is 49.8 Å². The Morgan fingerprint density at radius 2 is 0.367 bits per heavy atom. The number of nitrogens with zero attached hydrogens (tertiary/aromatic N) is 4. The van der Waals surface area contributed by atoms with E-state index in [0.717, 1.165) is 5.69 Å². The molecule has 0 atom stereocenters. The first kappa shape index (κ1) is 85.1. The first-order valence-electron chi connectivity index (χ1n) is 53.1. The topological polar surface area (TPSA) is 19.7 Å². The molecule has 704 valence electrons. The second-order valence-corrected chi connectivity index (χ2v) is 44.7. The molecule has 0 saturated carbocycles. The highest BCUT2D eigenvalue weighted by atomic mass is 15.0. The number of hydrogen-bond donors (Lipinski definition) is 0. The number of hydrogen-bond acceptors (Lipinski definition) is 0. The minimum atomic E-state index is -0.109. The third-order valence-electron chi connectivity index (χ3n) is 35.7. The van der Waals surface area contributed by atoms with Gasteiger partial charge >= 0.3 is 0 Å². The van der Waals surface area contributed by atoms with Gasteiger partial charge in [0.2, 0.25) is 0 Å². The van der Waals surface area contributed by atoms with Gasteiger partial charge in [-0.15, -0.1) is 0 Å². The average molecular weight is 1910 g/mol. The third-order valence-corrected chi connectivity index (χ3v) is 35.7. The van der Waals surface area contributed by atoms with Crippen molar-refractivity contribution in [3.05, 3.63) is 506 Å². The average Bonchev–Trinajstić information content (AvgIpc) is 1.54. The van der Waals surface area contributed by atoms with Gasteiger partial charge in [-0.05, 0) is 323 Å². The molecule has 4 heteroatoms. The van der Waals surface area contributed by atoms with E-state index in [-0.39, 0.29) is 21.7 Å². The van der Waals surface area contributed by atoms with Crippen molar-refractivity contribution in [3.63, 3.8) is 0 Å². The zero-order chi connectivity index (χ0) is 99.5. The molecule has 4 aliphatic carbocycles. The Balaban J connectivity index is 0.0000000994. The molecule has 0 spiro atoms. The van der Waals surface area contributed by atoms with E-state index in [9.17, 15) is 0 Å². The highest BCUT2D eigenvalue weighted by molar-refractivity contribution is 6.33. The Morgan fingerprint density at radius 1 is 0.120 bits per heavy atom. The van der Waals surface area contributed by atoms with Gasteiger partial charge in [-0.3, -0.25) is 0 Å². The van der Waals surface area contributed by atoms with Crippen LogP contribution in [-0.2, 0) is 21.7 Å². The van der Waals surface area contributed by atoms with Gasteiger partial charge in [-0.2, -0.15) is 0 Å². The summed E-state index contributed by atoms with van der Waals surface area (Å²) >= 11 is 0. The van der Waals surface area contributed by atoms with E-state index in [2.05, 4.69) is 535 Å². The molecule has 150 heavy (non-hydrogen) atoms. The summed E-state index contributed by atoms with van der Waals surface area (Å²) in [5, 5.41) is 38.8. The molecule has 30 aromatic rings. The summed E-state index contributed by atoms with van der Waals surface area (Å²) in [4.78, 5) is 0. The Bertz CT molecular complexity index is 11300. The standard InChI is InChI=1S/C51H34N2.C48H35N.C47H31N/c1-51(2)45-22-12-10-20-37(45)42-28-44-43-27-40-35-18-8-6-16-33(35)34-17-7-9-19-36(34)41(40)29-49(43)53(50(44)30-46(42)51)32-24-25-39-38-21-11-13-23-47(38)52(48(39)26-32)31-14-4-3-5-15-31;1-47(2)41-19-11-9-17-33(41)35-22-21-28(23-43(35)47)49-45-26-37-32-16-8-6-14-30(32)29-13-5-7-15-31(29)36(37)24-39(45)40-25-38-34-18-10-12-20-42(34)48(3,4)44(38)27-46(40)49;1-47(2)42-22-12-11-20-35(42)39-25-41-40-24-37-33-18-7-5-16-31(33)32-17-6-8-19-34(32)38(37)26-45(40)48(46(41)27-43(39)47)44-23-28-13-3-4-14-29(28)30-15-9-10-21-36(30)44/h3-30H,1-2H3;5-27H,1-4H3;3-27H,1-2H3. The van der Waals surface area contributed by atoms with Crippen molar-refractivity contribution >= 4 is 206 Å². The van der Waals surface area contributed by atoms with Crippen LogP contribution >= 0.6 is 0 Å². The monoisotopic (exact) mass is 1910 g/mol. The van der Waals surface area contributed by atoms with Gasteiger partial charge in [0.15, 0.2) is 0 Å². The minimum Gasteiger partial charge on any atom is -0.309 e. The molecule has 26 aromatic carbocycles. The van der Waals surface area contributed by atoms with Crippen LogP contribution < -0.4 is 0 Å². The highest BCUT2D eigenvalue weighted by Crippen LogP contribution is 2.59. The lowest BCUT2D eigenvalue weighted by Crippen LogP contribution is -2.15. The van der Waals surface area contributed by atoms with Crippen LogP contribution in [0.1, 0.15) is 99.9 Å². The van der Waals surface area contributed by atoms with Crippen molar-refractivity contribution in [1.82, 2.24) is 18.3 Å². The maximum Gasteiger partial charge on any atom is 0.0561 e. The molecule has 0 N–H and O–H groups in total. The number of rotatable bonds is 4. The lowest BCUT2D eigenvalue weighted by molar-refractivity contribution is 0.659. The summed E-state index contributed by atoms with van der Waals surface area (Å²) in [6.45, 7) is 19.1. The van der Waals surface area contributed by atoms with Crippen LogP contribution in [0.3, 0.4) is 0 Å². The lowest BCUT2D eigenvalue weighted by atomic mass is 9.82. The molecule has 0 aliphatic heterocycles. The van der Waals surface area contributed by atoms with E-state index in [4.69, 9.17) is 0 Å². The van der Waals surface area contributed by atoms with Gasteiger partial charge < -0.3 is 18.3 Å². The van der Waals surface area contributed by atoms with Crippen molar-refractivity contribution in [3.8, 4) is 67.3 Å². The van der Waals surface area contributed by atoms with E-state index in [0.29, 0.717) is 0 Å². The molecule has 0 radical (unpaired) electrons. The number of aromatic nitrogens is 4. The van der Waals surface area contributed by atoms with Gasteiger partial charge in [0, 0.05) is 87.2 Å². The predicted molar refractivity (Wildman–Crippen MR) is 640 cm³/mol. The number of benzene rings is 26. The van der Waals surface area contributed by atoms with E-state index in [1.54, 1.807) is 0 Å². The molecule has 0 bridgehead atoms. The van der Waals surface area contributed by atoms with Crippen LogP contribution in [0.15, 0.2) is 461 Å². The van der Waals surface area contributed by atoms with E-state index < -0.39 is 0 Å². The summed E-state index contributed by atoms with van der Waals surface area (Å²) in [6.07, 6.45) is 0. The van der Waals surface area contributed by atoms with E-state index >= 15 is 0 Å². The summed E-state index contributed by atoms with van der Waals surface area (Å²) < 4.78 is 10.1. The second kappa shape index (κ2) is 30.7. The molecule has 0 saturated heterocycles. The first-order chi connectivity index (χ1) is 73.5. The Hall–Kier alpha value is -18.2. The largest absolute Gasteiger partial charge is 0.309 e. The Kier molecular flexibility index (Phi) is 17.4.